The summed E-state index contributed by atoms with van der Waals surface area (Å²) in [7, 11) is 0.0953. The number of sulfonamides is 1. The van der Waals surface area contributed by atoms with Gasteiger partial charge in [0.05, 0.1) is 4.90 Å². The number of aryl methyl sites for hydroxylation is 1. The summed E-state index contributed by atoms with van der Waals surface area (Å²) in [6, 6.07) is 20.1. The minimum atomic E-state index is -3.87. The van der Waals surface area contributed by atoms with Gasteiger partial charge in [-0.25, -0.2) is 10.3 Å². The van der Waals surface area contributed by atoms with Crippen LogP contribution in [0.2, 0.25) is 0 Å². The second-order valence-corrected chi connectivity index (χ2v) is 12.3. The third-order valence-electron chi connectivity index (χ3n) is 6.88. The van der Waals surface area contributed by atoms with Crippen molar-refractivity contribution in [3.63, 3.8) is 0 Å². The number of nitrogens with zero attached hydrogens (tertiary/aromatic N) is 2. The molecule has 190 valence electrons. The van der Waals surface area contributed by atoms with Crippen LogP contribution in [0.15, 0.2) is 77.3 Å². The Bertz CT molecular complexity index is 1370. The Kier molecular flexibility index (Phi) is 7.41. The molecule has 1 atom stereocenters. The lowest BCUT2D eigenvalue weighted by Gasteiger charge is -2.31. The van der Waals surface area contributed by atoms with Crippen LogP contribution in [-0.2, 0) is 23.0 Å². The van der Waals surface area contributed by atoms with Crippen LogP contribution in [-0.4, -0.2) is 31.8 Å². The van der Waals surface area contributed by atoms with Crippen molar-refractivity contribution in [2.75, 3.05) is 14.1 Å². The zero-order valence-electron chi connectivity index (χ0n) is 22.1. The van der Waals surface area contributed by atoms with Crippen molar-refractivity contribution in [1.29, 1.82) is 0 Å². The van der Waals surface area contributed by atoms with Crippen molar-refractivity contribution >= 4 is 10.0 Å². The maximum atomic E-state index is 13.4. The van der Waals surface area contributed by atoms with Crippen LogP contribution in [0.4, 0.5) is 0 Å². The third kappa shape index (κ3) is 5.26. The van der Waals surface area contributed by atoms with Crippen molar-refractivity contribution in [3.8, 4) is 11.1 Å². The van der Waals surface area contributed by atoms with Crippen LogP contribution in [0.3, 0.4) is 0 Å². The molecule has 0 saturated heterocycles. The SMILES string of the molecule is Cc1ccc(-c2cc(C(C)C)c3c(c2)C(C)C=C(N(N)S(=O)(=O)c2ccc(CN(C)C)cc2)C3)cc1. The number of hydrazine groups is 1. The average molecular weight is 504 g/mol. The van der Waals surface area contributed by atoms with Crippen molar-refractivity contribution < 1.29 is 8.42 Å². The Morgan fingerprint density at radius 2 is 1.61 bits per heavy atom. The van der Waals surface area contributed by atoms with Gasteiger partial charge in [-0.05, 0) is 72.5 Å². The van der Waals surface area contributed by atoms with Gasteiger partial charge in [-0.1, -0.05) is 80.9 Å². The van der Waals surface area contributed by atoms with E-state index in [9.17, 15) is 8.42 Å². The van der Waals surface area contributed by atoms with Crippen molar-refractivity contribution in [2.24, 2.45) is 5.84 Å². The Morgan fingerprint density at radius 3 is 2.19 bits per heavy atom. The number of rotatable bonds is 7. The van der Waals surface area contributed by atoms with Crippen molar-refractivity contribution in [3.05, 3.63) is 100 Å². The highest BCUT2D eigenvalue weighted by atomic mass is 32.2. The van der Waals surface area contributed by atoms with Gasteiger partial charge in [0, 0.05) is 24.6 Å². The van der Waals surface area contributed by atoms with Gasteiger partial charge in [0.15, 0.2) is 0 Å². The van der Waals surface area contributed by atoms with E-state index in [-0.39, 0.29) is 10.8 Å². The largest absolute Gasteiger partial charge is 0.305 e. The first-order valence-corrected chi connectivity index (χ1v) is 13.9. The molecule has 0 amide bonds. The normalized spacial score (nSPS) is 15.7. The molecule has 4 rings (SSSR count). The first kappa shape index (κ1) is 26.1. The molecule has 0 spiro atoms. The molecule has 5 nitrogen and oxygen atoms in total. The Morgan fingerprint density at radius 1 is 0.972 bits per heavy atom. The first-order valence-electron chi connectivity index (χ1n) is 12.5. The number of hydrogen-bond acceptors (Lipinski definition) is 4. The second kappa shape index (κ2) is 10.2. The molecule has 6 heteroatoms. The van der Waals surface area contributed by atoms with E-state index in [1.807, 2.05) is 37.2 Å². The van der Waals surface area contributed by atoms with Crippen LogP contribution in [0.1, 0.15) is 60.4 Å². The number of hydrogen-bond donors (Lipinski definition) is 1. The Hall–Kier alpha value is -2.93. The van der Waals surface area contributed by atoms with E-state index in [0.29, 0.717) is 18.0 Å². The second-order valence-electron chi connectivity index (χ2n) is 10.5. The highest BCUT2D eigenvalue weighted by Crippen LogP contribution is 2.39. The molecule has 1 aliphatic rings. The Labute approximate surface area is 216 Å². The first-order chi connectivity index (χ1) is 17.0. The van der Waals surface area contributed by atoms with E-state index in [0.717, 1.165) is 16.5 Å². The monoisotopic (exact) mass is 503 g/mol. The molecule has 0 fully saturated rings. The highest BCUT2D eigenvalue weighted by Gasteiger charge is 2.30. The fourth-order valence-electron chi connectivity index (χ4n) is 4.93. The van der Waals surface area contributed by atoms with E-state index in [1.165, 1.54) is 33.4 Å². The van der Waals surface area contributed by atoms with E-state index < -0.39 is 10.0 Å². The molecule has 2 N–H and O–H groups in total. The topological polar surface area (TPSA) is 66.6 Å². The van der Waals surface area contributed by atoms with Gasteiger partial charge in [-0.3, -0.25) is 0 Å². The van der Waals surface area contributed by atoms with Gasteiger partial charge in [0.1, 0.15) is 0 Å². The highest BCUT2D eigenvalue weighted by molar-refractivity contribution is 7.89. The molecule has 0 heterocycles. The summed E-state index contributed by atoms with van der Waals surface area (Å²) in [5.41, 5.74) is 8.92. The summed E-state index contributed by atoms with van der Waals surface area (Å²) in [5, 5.41) is 0. The van der Waals surface area contributed by atoms with Crippen LogP contribution < -0.4 is 5.84 Å². The average Bonchev–Trinajstić information content (AvgIpc) is 2.83. The van der Waals surface area contributed by atoms with Crippen LogP contribution >= 0.6 is 0 Å². The van der Waals surface area contributed by atoms with Crippen LogP contribution in [0.25, 0.3) is 11.1 Å². The molecule has 0 aliphatic heterocycles. The molecular formula is C30H37N3O2S. The minimum Gasteiger partial charge on any atom is -0.305 e. The van der Waals surface area contributed by atoms with Crippen molar-refractivity contribution in [1.82, 2.24) is 9.31 Å². The predicted octanol–water partition coefficient (Wildman–Crippen LogP) is 5.96. The summed E-state index contributed by atoms with van der Waals surface area (Å²) in [6.07, 6.45) is 2.47. The van der Waals surface area contributed by atoms with Crippen LogP contribution in [0, 0.1) is 6.92 Å². The summed E-state index contributed by atoms with van der Waals surface area (Å²) < 4.78 is 27.8. The van der Waals surface area contributed by atoms with Gasteiger partial charge < -0.3 is 4.90 Å². The van der Waals surface area contributed by atoms with E-state index in [1.54, 1.807) is 12.1 Å². The molecule has 3 aromatic carbocycles. The molecule has 0 saturated carbocycles. The third-order valence-corrected chi connectivity index (χ3v) is 8.50. The molecule has 0 aromatic heterocycles. The fraction of sp³-hybridized carbons (Fsp3) is 0.333. The number of nitrogens with two attached hydrogens (primary N) is 1. The molecule has 0 bridgehead atoms. The molecule has 1 unspecified atom stereocenters. The van der Waals surface area contributed by atoms with E-state index in [4.69, 9.17) is 5.84 Å². The quantitative estimate of drug-likeness (QED) is 0.319. The smallest absolute Gasteiger partial charge is 0.277 e. The standard InChI is InChI=1S/C30H37N3O2S/c1-20(2)28-16-25(24-11-7-21(3)8-12-24)17-29-22(4)15-26(18-30(28)29)33(31)36(34,35)27-13-9-23(10-14-27)19-32(5)6/h7-17,20,22H,18-19,31H2,1-6H3. The predicted molar refractivity (Wildman–Crippen MR) is 148 cm³/mol. The lowest BCUT2D eigenvalue weighted by atomic mass is 9.80. The zero-order valence-corrected chi connectivity index (χ0v) is 22.9. The summed E-state index contributed by atoms with van der Waals surface area (Å²) in [6.45, 7) is 9.31. The van der Waals surface area contributed by atoms with Gasteiger partial charge in [-0.15, -0.1) is 0 Å². The van der Waals surface area contributed by atoms with E-state index >= 15 is 0 Å². The number of fused-ring (bicyclic) bond motifs is 1. The van der Waals surface area contributed by atoms with Crippen molar-refractivity contribution in [2.45, 2.75) is 57.4 Å². The summed E-state index contributed by atoms with van der Waals surface area (Å²) in [5.74, 6) is 6.66. The Balaban J connectivity index is 1.68. The maximum absolute atomic E-state index is 13.4. The molecular weight excluding hydrogens is 466 g/mol. The molecule has 36 heavy (non-hydrogen) atoms. The number of benzene rings is 3. The molecule has 3 aromatic rings. The van der Waals surface area contributed by atoms with Crippen LogP contribution in [0.5, 0.6) is 0 Å². The molecule has 0 radical (unpaired) electrons. The van der Waals surface area contributed by atoms with Gasteiger partial charge in [0.25, 0.3) is 10.0 Å². The lowest BCUT2D eigenvalue weighted by molar-refractivity contribution is 0.402. The maximum Gasteiger partial charge on any atom is 0.277 e. The fourth-order valence-corrected chi connectivity index (χ4v) is 6.07. The van der Waals surface area contributed by atoms with E-state index in [2.05, 4.69) is 64.1 Å². The summed E-state index contributed by atoms with van der Waals surface area (Å²) in [4.78, 5) is 2.24. The van der Waals surface area contributed by atoms with Gasteiger partial charge in [-0.2, -0.15) is 8.42 Å². The summed E-state index contributed by atoms with van der Waals surface area (Å²) >= 11 is 0. The van der Waals surface area contributed by atoms with Gasteiger partial charge >= 0.3 is 0 Å². The van der Waals surface area contributed by atoms with Gasteiger partial charge in [0.2, 0.25) is 0 Å². The lowest BCUT2D eigenvalue weighted by Crippen LogP contribution is -2.38. The minimum absolute atomic E-state index is 0.0374. The molecule has 1 aliphatic carbocycles. The number of allylic oxidation sites excluding steroid dienone is 2. The zero-order chi connectivity index (χ0) is 26.2.